The van der Waals surface area contributed by atoms with Gasteiger partial charge in [-0.25, -0.2) is 8.42 Å². The standard InChI is InChI=1S/C25H34ClN3O4S/c1-6-7-15-27-25(31)20(4)28(16-21-13-11-18(2)12-14-21)24(30)17-29(34(5,32)33)23-10-8-9-22(26)19(23)3/h8-14,20H,6-7,15-17H2,1-5H3,(H,27,31)/t20-/m1/s1. The van der Waals surface area contributed by atoms with E-state index in [1.54, 1.807) is 32.0 Å². The number of amides is 2. The van der Waals surface area contributed by atoms with Crippen molar-refractivity contribution in [2.75, 3.05) is 23.7 Å². The van der Waals surface area contributed by atoms with Crippen molar-refractivity contribution in [2.45, 2.75) is 53.1 Å². The largest absolute Gasteiger partial charge is 0.354 e. The lowest BCUT2D eigenvalue weighted by Gasteiger charge is -2.32. The predicted octanol–water partition coefficient (Wildman–Crippen LogP) is 4.06. The number of carbonyl (C=O) groups is 2. The zero-order chi connectivity index (χ0) is 25.5. The second-order valence-corrected chi connectivity index (χ2v) is 10.8. The van der Waals surface area contributed by atoms with Crippen LogP contribution in [0.1, 0.15) is 43.4 Å². The minimum Gasteiger partial charge on any atom is -0.354 e. The Hall–Kier alpha value is -2.58. The van der Waals surface area contributed by atoms with Gasteiger partial charge in [-0.15, -0.1) is 0 Å². The van der Waals surface area contributed by atoms with Crippen LogP contribution in [0.15, 0.2) is 42.5 Å². The Morgan fingerprint density at radius 2 is 1.74 bits per heavy atom. The number of rotatable bonds is 11. The summed E-state index contributed by atoms with van der Waals surface area (Å²) in [6.07, 6.45) is 2.81. The summed E-state index contributed by atoms with van der Waals surface area (Å²) < 4.78 is 26.4. The maximum atomic E-state index is 13.5. The van der Waals surface area contributed by atoms with E-state index < -0.39 is 28.5 Å². The molecule has 0 heterocycles. The SMILES string of the molecule is CCCCNC(=O)[C@@H](C)N(Cc1ccc(C)cc1)C(=O)CN(c1cccc(Cl)c1C)S(C)(=O)=O. The van der Waals surface area contributed by atoms with E-state index in [2.05, 4.69) is 5.32 Å². The number of hydrogen-bond acceptors (Lipinski definition) is 4. The van der Waals surface area contributed by atoms with Gasteiger partial charge in [-0.3, -0.25) is 13.9 Å². The molecule has 1 N–H and O–H groups in total. The van der Waals surface area contributed by atoms with Gasteiger partial charge in [0.1, 0.15) is 12.6 Å². The molecule has 0 fully saturated rings. The molecule has 1 atom stereocenters. The van der Waals surface area contributed by atoms with Crippen molar-refractivity contribution in [1.82, 2.24) is 10.2 Å². The van der Waals surface area contributed by atoms with Crippen LogP contribution in [0, 0.1) is 13.8 Å². The highest BCUT2D eigenvalue weighted by Crippen LogP contribution is 2.28. The smallest absolute Gasteiger partial charge is 0.244 e. The van der Waals surface area contributed by atoms with Gasteiger partial charge in [0, 0.05) is 18.1 Å². The third-order valence-corrected chi connectivity index (χ3v) is 7.19. The fourth-order valence-electron chi connectivity index (χ4n) is 3.47. The number of benzene rings is 2. The molecule has 0 aliphatic heterocycles. The van der Waals surface area contributed by atoms with Crippen molar-refractivity contribution in [3.63, 3.8) is 0 Å². The highest BCUT2D eigenvalue weighted by molar-refractivity contribution is 7.92. The van der Waals surface area contributed by atoms with E-state index >= 15 is 0 Å². The molecule has 2 rings (SSSR count). The molecular weight excluding hydrogens is 474 g/mol. The van der Waals surface area contributed by atoms with Crippen LogP contribution >= 0.6 is 11.6 Å². The Morgan fingerprint density at radius 1 is 1.09 bits per heavy atom. The van der Waals surface area contributed by atoms with Crippen LogP contribution in [0.25, 0.3) is 0 Å². The fraction of sp³-hybridized carbons (Fsp3) is 0.440. The van der Waals surface area contributed by atoms with Crippen molar-refractivity contribution in [3.8, 4) is 0 Å². The van der Waals surface area contributed by atoms with E-state index in [9.17, 15) is 18.0 Å². The number of nitrogens with zero attached hydrogens (tertiary/aromatic N) is 2. The summed E-state index contributed by atoms with van der Waals surface area (Å²) in [7, 11) is -3.80. The van der Waals surface area contributed by atoms with E-state index in [1.165, 1.54) is 4.90 Å². The monoisotopic (exact) mass is 507 g/mol. The number of nitrogens with one attached hydrogen (secondary N) is 1. The Morgan fingerprint density at radius 3 is 2.32 bits per heavy atom. The van der Waals surface area contributed by atoms with E-state index in [4.69, 9.17) is 11.6 Å². The van der Waals surface area contributed by atoms with Gasteiger partial charge < -0.3 is 10.2 Å². The summed E-state index contributed by atoms with van der Waals surface area (Å²) in [4.78, 5) is 27.7. The van der Waals surface area contributed by atoms with Crippen LogP contribution in [0.5, 0.6) is 0 Å². The predicted molar refractivity (Wildman–Crippen MR) is 137 cm³/mol. The minimum atomic E-state index is -3.80. The summed E-state index contributed by atoms with van der Waals surface area (Å²) in [6.45, 7) is 7.60. The molecule has 7 nitrogen and oxygen atoms in total. The third-order valence-electron chi connectivity index (χ3n) is 5.66. The van der Waals surface area contributed by atoms with Crippen LogP contribution in [-0.4, -0.2) is 50.5 Å². The lowest BCUT2D eigenvalue weighted by Crippen LogP contribution is -2.51. The normalized spacial score (nSPS) is 12.2. The first-order chi connectivity index (χ1) is 16.0. The van der Waals surface area contributed by atoms with Crippen molar-refractivity contribution in [2.24, 2.45) is 0 Å². The lowest BCUT2D eigenvalue weighted by atomic mass is 10.1. The Bertz CT molecular complexity index is 1100. The number of aryl methyl sites for hydroxylation is 1. The molecule has 186 valence electrons. The molecule has 0 aromatic heterocycles. The maximum absolute atomic E-state index is 13.5. The van der Waals surface area contributed by atoms with Gasteiger partial charge >= 0.3 is 0 Å². The zero-order valence-corrected chi connectivity index (χ0v) is 22.0. The molecule has 2 aromatic rings. The van der Waals surface area contributed by atoms with Crippen LogP contribution < -0.4 is 9.62 Å². The first kappa shape index (κ1) is 27.7. The number of halogens is 1. The topological polar surface area (TPSA) is 86.8 Å². The van der Waals surface area contributed by atoms with Crippen LogP contribution in [0.2, 0.25) is 5.02 Å². The number of hydrogen-bond donors (Lipinski definition) is 1. The molecule has 0 bridgehead atoms. The van der Waals surface area contributed by atoms with Gasteiger partial charge in [-0.1, -0.05) is 60.8 Å². The van der Waals surface area contributed by atoms with Crippen LogP contribution in [-0.2, 0) is 26.2 Å². The third kappa shape index (κ3) is 7.46. The molecule has 0 aliphatic rings. The molecule has 0 saturated heterocycles. The fourth-order valence-corrected chi connectivity index (χ4v) is 4.54. The second kappa shape index (κ2) is 12.2. The summed E-state index contributed by atoms with van der Waals surface area (Å²) in [5.74, 6) is -0.762. The maximum Gasteiger partial charge on any atom is 0.244 e. The molecule has 0 saturated carbocycles. The van der Waals surface area contributed by atoms with E-state index in [1.807, 2.05) is 38.1 Å². The average Bonchev–Trinajstić information content (AvgIpc) is 2.78. The highest BCUT2D eigenvalue weighted by atomic mass is 35.5. The highest BCUT2D eigenvalue weighted by Gasteiger charge is 2.30. The second-order valence-electron chi connectivity index (χ2n) is 8.48. The summed E-state index contributed by atoms with van der Waals surface area (Å²) in [5.41, 5.74) is 2.81. The van der Waals surface area contributed by atoms with Gasteiger partial charge in [0.25, 0.3) is 0 Å². The van der Waals surface area contributed by atoms with Crippen molar-refractivity contribution < 1.29 is 18.0 Å². The lowest BCUT2D eigenvalue weighted by molar-refractivity contribution is -0.139. The van der Waals surface area contributed by atoms with Crippen molar-refractivity contribution in [3.05, 3.63) is 64.2 Å². The summed E-state index contributed by atoms with van der Waals surface area (Å²) in [5, 5.41) is 3.26. The molecule has 0 radical (unpaired) electrons. The minimum absolute atomic E-state index is 0.174. The average molecular weight is 508 g/mol. The molecule has 9 heteroatoms. The molecule has 34 heavy (non-hydrogen) atoms. The molecule has 0 unspecified atom stereocenters. The molecule has 0 aliphatic carbocycles. The zero-order valence-electron chi connectivity index (χ0n) is 20.5. The van der Waals surface area contributed by atoms with Crippen molar-refractivity contribution in [1.29, 1.82) is 0 Å². The van der Waals surface area contributed by atoms with Gasteiger partial charge in [0.15, 0.2) is 0 Å². The summed E-state index contributed by atoms with van der Waals surface area (Å²) >= 11 is 6.21. The van der Waals surface area contributed by atoms with E-state index in [-0.39, 0.29) is 12.5 Å². The number of sulfonamides is 1. The van der Waals surface area contributed by atoms with Crippen LogP contribution in [0.3, 0.4) is 0 Å². The number of unbranched alkanes of at least 4 members (excludes halogenated alkanes) is 1. The van der Waals surface area contributed by atoms with Gasteiger partial charge in [0.2, 0.25) is 21.8 Å². The number of carbonyl (C=O) groups excluding carboxylic acids is 2. The Kier molecular flexibility index (Phi) is 9.94. The first-order valence-corrected chi connectivity index (χ1v) is 13.5. The van der Waals surface area contributed by atoms with E-state index in [0.29, 0.717) is 22.8 Å². The van der Waals surface area contributed by atoms with Gasteiger partial charge in [-0.2, -0.15) is 0 Å². The van der Waals surface area contributed by atoms with Crippen LogP contribution in [0.4, 0.5) is 5.69 Å². The molecule has 2 aromatic carbocycles. The van der Waals surface area contributed by atoms with Crippen molar-refractivity contribution >= 4 is 39.1 Å². The molecule has 2 amide bonds. The Labute approximate surface area is 208 Å². The quantitative estimate of drug-likeness (QED) is 0.465. The van der Waals surface area contributed by atoms with E-state index in [0.717, 1.165) is 34.5 Å². The summed E-state index contributed by atoms with van der Waals surface area (Å²) in [6, 6.07) is 11.8. The molecule has 0 spiro atoms. The number of anilines is 1. The Balaban J connectivity index is 2.38. The molecular formula is C25H34ClN3O4S. The first-order valence-electron chi connectivity index (χ1n) is 11.3. The van der Waals surface area contributed by atoms with Gasteiger partial charge in [-0.05, 0) is 50.5 Å². The van der Waals surface area contributed by atoms with Gasteiger partial charge in [0.05, 0.1) is 11.9 Å².